The molecule has 20 heavy (non-hydrogen) atoms. The zero-order valence-corrected chi connectivity index (χ0v) is 12.5. The number of benzene rings is 1. The maximum absolute atomic E-state index is 9.72. The van der Waals surface area contributed by atoms with Crippen molar-refractivity contribution in [1.29, 1.82) is 0 Å². The Morgan fingerprint density at radius 3 is 2.45 bits per heavy atom. The van der Waals surface area contributed by atoms with Crippen molar-refractivity contribution in [2.75, 3.05) is 0 Å². The Morgan fingerprint density at radius 2 is 1.70 bits per heavy atom. The summed E-state index contributed by atoms with van der Waals surface area (Å²) in [6.07, 6.45) is 12.5. The largest absolute Gasteiger partial charge is 0.506 e. The average molecular weight is 274 g/mol. The Hall–Kier alpha value is -1.51. The van der Waals surface area contributed by atoms with Gasteiger partial charge in [-0.05, 0) is 18.6 Å². The molecule has 2 rings (SSSR count). The molecule has 1 aromatic carbocycles. The van der Waals surface area contributed by atoms with Gasteiger partial charge in [0.1, 0.15) is 11.3 Å². The smallest absolute Gasteiger partial charge is 0.143 e. The predicted molar refractivity (Wildman–Crippen MR) is 84.0 cm³/mol. The van der Waals surface area contributed by atoms with Gasteiger partial charge in [0.15, 0.2) is 0 Å². The molecule has 0 aliphatic carbocycles. The molecule has 0 saturated carbocycles. The van der Waals surface area contributed by atoms with Crippen molar-refractivity contribution in [2.24, 2.45) is 0 Å². The molecule has 110 valence electrons. The summed E-state index contributed by atoms with van der Waals surface area (Å²) >= 11 is 0. The van der Waals surface area contributed by atoms with Gasteiger partial charge in [-0.15, -0.1) is 0 Å². The van der Waals surface area contributed by atoms with E-state index in [4.69, 9.17) is 0 Å². The highest BCUT2D eigenvalue weighted by atomic mass is 16.3. The van der Waals surface area contributed by atoms with Gasteiger partial charge < -0.3 is 9.67 Å². The normalized spacial score (nSPS) is 11.2. The first-order valence-electron chi connectivity index (χ1n) is 7.95. The first kappa shape index (κ1) is 14.9. The lowest BCUT2D eigenvalue weighted by atomic mass is 10.1. The fraction of sp³-hybridized carbons (Fsp3) is 0.588. The molecular weight excluding hydrogens is 248 g/mol. The van der Waals surface area contributed by atoms with E-state index in [2.05, 4.69) is 16.5 Å². The van der Waals surface area contributed by atoms with Crippen molar-refractivity contribution in [3.05, 3.63) is 24.5 Å². The van der Waals surface area contributed by atoms with Gasteiger partial charge in [0.2, 0.25) is 0 Å². The third kappa shape index (κ3) is 3.99. The lowest BCUT2D eigenvalue weighted by Gasteiger charge is -2.05. The number of aryl methyl sites for hydroxylation is 1. The molecule has 3 heteroatoms. The number of phenols is 1. The Labute approximate surface area is 121 Å². The van der Waals surface area contributed by atoms with Gasteiger partial charge in [0, 0.05) is 6.54 Å². The fourth-order valence-corrected chi connectivity index (χ4v) is 2.67. The third-order valence-electron chi connectivity index (χ3n) is 3.88. The Bertz CT molecular complexity index is 519. The summed E-state index contributed by atoms with van der Waals surface area (Å²) in [5.74, 6) is 0.275. The number of nitrogens with zero attached hydrogens (tertiary/aromatic N) is 2. The molecule has 0 atom stereocenters. The SMILES string of the molecule is CCCCCCCCCCn1cnc2c(O)cccc21. The molecule has 1 N–H and O–H groups in total. The predicted octanol–water partition coefficient (Wildman–Crippen LogP) is 4.88. The highest BCUT2D eigenvalue weighted by Gasteiger charge is 2.05. The van der Waals surface area contributed by atoms with Crippen molar-refractivity contribution >= 4 is 11.0 Å². The van der Waals surface area contributed by atoms with Crippen LogP contribution in [-0.4, -0.2) is 14.7 Å². The highest BCUT2D eigenvalue weighted by molar-refractivity contribution is 5.81. The van der Waals surface area contributed by atoms with E-state index in [9.17, 15) is 5.11 Å². The van der Waals surface area contributed by atoms with Crippen LogP contribution in [0.25, 0.3) is 11.0 Å². The molecule has 0 bridgehead atoms. The summed E-state index contributed by atoms with van der Waals surface area (Å²) in [5, 5.41) is 9.72. The molecule has 0 spiro atoms. The number of unbranched alkanes of at least 4 members (excludes halogenated alkanes) is 7. The van der Waals surface area contributed by atoms with Crippen LogP contribution in [0.2, 0.25) is 0 Å². The van der Waals surface area contributed by atoms with Gasteiger partial charge >= 0.3 is 0 Å². The summed E-state index contributed by atoms with van der Waals surface area (Å²) in [5.41, 5.74) is 1.75. The number of imidazole rings is 1. The van der Waals surface area contributed by atoms with Crippen LogP contribution >= 0.6 is 0 Å². The number of fused-ring (bicyclic) bond motifs is 1. The molecule has 3 nitrogen and oxygen atoms in total. The number of para-hydroxylation sites is 1. The van der Waals surface area contributed by atoms with Crippen LogP contribution in [0.5, 0.6) is 5.75 Å². The molecule has 1 aromatic heterocycles. The Balaban J connectivity index is 1.70. The zero-order valence-electron chi connectivity index (χ0n) is 12.5. The molecule has 0 aliphatic heterocycles. The number of phenolic OH excluding ortho intramolecular Hbond substituents is 1. The van der Waals surface area contributed by atoms with Crippen molar-refractivity contribution in [1.82, 2.24) is 9.55 Å². The maximum Gasteiger partial charge on any atom is 0.143 e. The number of aromatic nitrogens is 2. The Kier molecular flexibility index (Phi) is 5.90. The van der Waals surface area contributed by atoms with Crippen molar-refractivity contribution < 1.29 is 5.11 Å². The van der Waals surface area contributed by atoms with E-state index in [0.29, 0.717) is 5.52 Å². The molecule has 0 amide bonds. The fourth-order valence-electron chi connectivity index (χ4n) is 2.67. The van der Waals surface area contributed by atoms with Crippen LogP contribution in [0.3, 0.4) is 0 Å². The second-order valence-corrected chi connectivity index (χ2v) is 5.56. The number of hydrogen-bond acceptors (Lipinski definition) is 2. The molecule has 0 unspecified atom stereocenters. The average Bonchev–Trinajstić information content (AvgIpc) is 2.87. The topological polar surface area (TPSA) is 38.0 Å². The van der Waals surface area contributed by atoms with Gasteiger partial charge in [-0.25, -0.2) is 4.98 Å². The standard InChI is InChI=1S/C17H26N2O/c1-2-3-4-5-6-7-8-9-13-19-14-18-17-15(19)11-10-12-16(17)20/h10-12,14,20H,2-9,13H2,1H3. The molecule has 0 fully saturated rings. The lowest BCUT2D eigenvalue weighted by Crippen LogP contribution is -1.96. The molecular formula is C17H26N2O. The first-order chi connectivity index (χ1) is 9.83. The van der Waals surface area contributed by atoms with E-state index in [1.54, 1.807) is 6.07 Å². The van der Waals surface area contributed by atoms with Crippen LogP contribution in [0.4, 0.5) is 0 Å². The van der Waals surface area contributed by atoms with E-state index in [1.165, 1.54) is 51.4 Å². The summed E-state index contributed by atoms with van der Waals surface area (Å²) in [7, 11) is 0. The van der Waals surface area contributed by atoms with Crippen molar-refractivity contribution in [2.45, 2.75) is 64.8 Å². The minimum Gasteiger partial charge on any atom is -0.506 e. The lowest BCUT2D eigenvalue weighted by molar-refractivity contribution is 0.480. The van der Waals surface area contributed by atoms with Crippen LogP contribution in [0.15, 0.2) is 24.5 Å². The number of rotatable bonds is 9. The minimum atomic E-state index is 0.275. The number of aromatic hydroxyl groups is 1. The summed E-state index contributed by atoms with van der Waals surface area (Å²) in [4.78, 5) is 4.28. The summed E-state index contributed by atoms with van der Waals surface area (Å²) in [6.45, 7) is 3.25. The van der Waals surface area contributed by atoms with Crippen molar-refractivity contribution in [3.63, 3.8) is 0 Å². The first-order valence-corrected chi connectivity index (χ1v) is 7.95. The van der Waals surface area contributed by atoms with E-state index in [1.807, 2.05) is 18.5 Å². The monoisotopic (exact) mass is 274 g/mol. The van der Waals surface area contributed by atoms with Gasteiger partial charge in [0.25, 0.3) is 0 Å². The zero-order chi connectivity index (χ0) is 14.2. The van der Waals surface area contributed by atoms with E-state index in [-0.39, 0.29) is 5.75 Å². The van der Waals surface area contributed by atoms with Gasteiger partial charge in [0.05, 0.1) is 11.8 Å². The van der Waals surface area contributed by atoms with Gasteiger partial charge in [-0.3, -0.25) is 0 Å². The number of hydrogen-bond donors (Lipinski definition) is 1. The second kappa shape index (κ2) is 7.93. The highest BCUT2D eigenvalue weighted by Crippen LogP contribution is 2.22. The molecule has 2 aromatic rings. The van der Waals surface area contributed by atoms with E-state index < -0.39 is 0 Å². The van der Waals surface area contributed by atoms with Crippen molar-refractivity contribution in [3.8, 4) is 5.75 Å². The molecule has 0 aliphatic rings. The Morgan fingerprint density at radius 1 is 1.00 bits per heavy atom. The van der Waals surface area contributed by atoms with E-state index >= 15 is 0 Å². The van der Waals surface area contributed by atoms with E-state index in [0.717, 1.165) is 12.1 Å². The minimum absolute atomic E-state index is 0.275. The van der Waals surface area contributed by atoms with Gasteiger partial charge in [-0.2, -0.15) is 0 Å². The third-order valence-corrected chi connectivity index (χ3v) is 3.88. The second-order valence-electron chi connectivity index (χ2n) is 5.56. The molecule has 0 saturated heterocycles. The summed E-state index contributed by atoms with van der Waals surface area (Å²) in [6, 6.07) is 5.59. The maximum atomic E-state index is 9.72. The molecule has 0 radical (unpaired) electrons. The van der Waals surface area contributed by atoms with Crippen LogP contribution in [0.1, 0.15) is 58.3 Å². The van der Waals surface area contributed by atoms with Crippen LogP contribution < -0.4 is 0 Å². The van der Waals surface area contributed by atoms with Gasteiger partial charge in [-0.1, -0.05) is 57.9 Å². The van der Waals surface area contributed by atoms with Crippen LogP contribution in [0, 0.1) is 0 Å². The quantitative estimate of drug-likeness (QED) is 0.662. The molecule has 1 heterocycles. The summed E-state index contributed by atoms with van der Waals surface area (Å²) < 4.78 is 2.14. The van der Waals surface area contributed by atoms with Crippen LogP contribution in [-0.2, 0) is 6.54 Å².